The number of ketones is 1. The van der Waals surface area contributed by atoms with E-state index in [1.54, 1.807) is 0 Å². The summed E-state index contributed by atoms with van der Waals surface area (Å²) in [5.74, 6) is 0.248. The SMILES string of the molecule is CCCOCCCCC(=O)c1ccc(CCC(C)(C)C)cc1. The Bertz CT molecular complexity index is 426. The highest BCUT2D eigenvalue weighted by atomic mass is 16.5. The van der Waals surface area contributed by atoms with Gasteiger partial charge >= 0.3 is 0 Å². The van der Waals surface area contributed by atoms with Crippen LogP contribution in [0.3, 0.4) is 0 Å². The molecule has 0 N–H and O–H groups in total. The number of carbonyl (C=O) groups is 1. The third kappa shape index (κ3) is 8.33. The van der Waals surface area contributed by atoms with Gasteiger partial charge in [-0.25, -0.2) is 0 Å². The molecule has 0 atom stereocenters. The molecule has 0 bridgehead atoms. The molecule has 0 fully saturated rings. The summed E-state index contributed by atoms with van der Waals surface area (Å²) in [5.41, 5.74) is 2.52. The van der Waals surface area contributed by atoms with Crippen molar-refractivity contribution in [1.82, 2.24) is 0 Å². The highest BCUT2D eigenvalue weighted by Gasteiger charge is 2.10. The zero-order valence-electron chi connectivity index (χ0n) is 14.8. The first kappa shape index (κ1) is 18.9. The number of carbonyl (C=O) groups excluding carboxylic acids is 1. The number of hydrogen-bond donors (Lipinski definition) is 0. The van der Waals surface area contributed by atoms with Gasteiger partial charge in [0.15, 0.2) is 5.78 Å². The molecule has 0 aliphatic heterocycles. The van der Waals surface area contributed by atoms with Gasteiger partial charge in [0, 0.05) is 25.2 Å². The summed E-state index contributed by atoms with van der Waals surface area (Å²) in [6.07, 6.45) is 5.80. The van der Waals surface area contributed by atoms with Gasteiger partial charge < -0.3 is 4.74 Å². The van der Waals surface area contributed by atoms with Gasteiger partial charge in [-0.3, -0.25) is 4.79 Å². The van der Waals surface area contributed by atoms with Crippen LogP contribution in [0.15, 0.2) is 24.3 Å². The van der Waals surface area contributed by atoms with Crippen molar-refractivity contribution in [3.63, 3.8) is 0 Å². The molecule has 0 radical (unpaired) electrons. The third-order valence-electron chi connectivity index (χ3n) is 3.73. The molecular weight excluding hydrogens is 272 g/mol. The maximum atomic E-state index is 12.1. The first-order valence-electron chi connectivity index (χ1n) is 8.62. The number of ether oxygens (including phenoxy) is 1. The first-order valence-corrected chi connectivity index (χ1v) is 8.62. The van der Waals surface area contributed by atoms with Crippen LogP contribution in [0.5, 0.6) is 0 Å². The van der Waals surface area contributed by atoms with Gasteiger partial charge in [-0.2, -0.15) is 0 Å². The molecule has 0 aliphatic carbocycles. The van der Waals surface area contributed by atoms with Crippen LogP contribution < -0.4 is 0 Å². The molecule has 0 saturated heterocycles. The molecule has 1 aromatic rings. The number of unbranched alkanes of at least 4 members (excludes halogenated alkanes) is 1. The zero-order valence-corrected chi connectivity index (χ0v) is 14.8. The molecule has 0 spiro atoms. The Morgan fingerprint density at radius 2 is 1.73 bits per heavy atom. The summed E-state index contributed by atoms with van der Waals surface area (Å²) >= 11 is 0. The highest BCUT2D eigenvalue weighted by Crippen LogP contribution is 2.21. The lowest BCUT2D eigenvalue weighted by atomic mass is 9.88. The molecule has 0 aromatic heterocycles. The second-order valence-electron chi connectivity index (χ2n) is 7.25. The van der Waals surface area contributed by atoms with Crippen molar-refractivity contribution in [1.29, 1.82) is 0 Å². The van der Waals surface area contributed by atoms with Crippen molar-refractivity contribution in [2.24, 2.45) is 5.41 Å². The second-order valence-corrected chi connectivity index (χ2v) is 7.25. The fourth-order valence-corrected chi connectivity index (χ4v) is 2.26. The Kier molecular flexibility index (Phi) is 8.40. The van der Waals surface area contributed by atoms with E-state index in [4.69, 9.17) is 4.74 Å². The van der Waals surface area contributed by atoms with Crippen LogP contribution in [-0.4, -0.2) is 19.0 Å². The summed E-state index contributed by atoms with van der Waals surface area (Å²) in [4.78, 5) is 12.1. The standard InChI is InChI=1S/C20H32O2/c1-5-15-22-16-7-6-8-19(21)18-11-9-17(10-12-18)13-14-20(2,3)4/h9-12H,5-8,13-16H2,1-4H3. The molecule has 1 aromatic carbocycles. The predicted octanol–water partition coefficient (Wildman–Crippen LogP) is 5.44. The molecule has 22 heavy (non-hydrogen) atoms. The fraction of sp³-hybridized carbons (Fsp3) is 0.650. The first-order chi connectivity index (χ1) is 10.4. The van der Waals surface area contributed by atoms with Crippen LogP contribution in [0.25, 0.3) is 0 Å². The van der Waals surface area contributed by atoms with Crippen molar-refractivity contribution in [2.75, 3.05) is 13.2 Å². The Hall–Kier alpha value is -1.15. The number of benzene rings is 1. The van der Waals surface area contributed by atoms with E-state index < -0.39 is 0 Å². The van der Waals surface area contributed by atoms with Gasteiger partial charge in [-0.1, -0.05) is 52.0 Å². The van der Waals surface area contributed by atoms with Crippen LogP contribution in [0.4, 0.5) is 0 Å². The van der Waals surface area contributed by atoms with Crippen LogP contribution in [0.2, 0.25) is 0 Å². The van der Waals surface area contributed by atoms with Gasteiger partial charge in [0.05, 0.1) is 0 Å². The van der Waals surface area contributed by atoms with Gasteiger partial charge in [-0.05, 0) is 43.1 Å². The third-order valence-corrected chi connectivity index (χ3v) is 3.73. The van der Waals surface area contributed by atoms with Crippen LogP contribution in [0.1, 0.15) is 75.7 Å². The lowest BCUT2D eigenvalue weighted by Crippen LogP contribution is -2.06. The monoisotopic (exact) mass is 304 g/mol. The smallest absolute Gasteiger partial charge is 0.162 e. The largest absolute Gasteiger partial charge is 0.381 e. The van der Waals surface area contributed by atoms with Gasteiger partial charge in [0.2, 0.25) is 0 Å². The number of aryl methyl sites for hydroxylation is 1. The van der Waals surface area contributed by atoms with Crippen molar-refractivity contribution in [3.8, 4) is 0 Å². The molecular formula is C20H32O2. The van der Waals surface area contributed by atoms with E-state index in [0.717, 1.165) is 50.9 Å². The van der Waals surface area contributed by atoms with Crippen molar-refractivity contribution >= 4 is 5.78 Å². The van der Waals surface area contributed by atoms with Gasteiger partial charge in [-0.15, -0.1) is 0 Å². The van der Waals surface area contributed by atoms with E-state index in [1.807, 2.05) is 12.1 Å². The van der Waals surface area contributed by atoms with E-state index in [9.17, 15) is 4.79 Å². The summed E-state index contributed by atoms with van der Waals surface area (Å²) in [6.45, 7) is 10.5. The number of hydrogen-bond acceptors (Lipinski definition) is 2. The van der Waals surface area contributed by atoms with Crippen LogP contribution in [0, 0.1) is 5.41 Å². The lowest BCUT2D eigenvalue weighted by Gasteiger charge is -2.17. The highest BCUT2D eigenvalue weighted by molar-refractivity contribution is 5.96. The predicted molar refractivity (Wildman–Crippen MR) is 93.5 cm³/mol. The minimum Gasteiger partial charge on any atom is -0.381 e. The molecule has 0 saturated carbocycles. The second kappa shape index (κ2) is 9.78. The Balaban J connectivity index is 2.31. The fourth-order valence-electron chi connectivity index (χ4n) is 2.26. The van der Waals surface area contributed by atoms with Gasteiger partial charge in [0.25, 0.3) is 0 Å². The van der Waals surface area contributed by atoms with E-state index in [2.05, 4.69) is 39.8 Å². The van der Waals surface area contributed by atoms with E-state index >= 15 is 0 Å². The maximum Gasteiger partial charge on any atom is 0.162 e. The quantitative estimate of drug-likeness (QED) is 0.424. The maximum absolute atomic E-state index is 12.1. The minimum atomic E-state index is 0.248. The Labute approximate surface area is 136 Å². The summed E-state index contributed by atoms with van der Waals surface area (Å²) in [6, 6.07) is 8.16. The van der Waals surface area contributed by atoms with Crippen LogP contribution in [-0.2, 0) is 11.2 Å². The molecule has 0 amide bonds. The van der Waals surface area contributed by atoms with Gasteiger partial charge in [0.1, 0.15) is 0 Å². The summed E-state index contributed by atoms with van der Waals surface area (Å²) in [5, 5.41) is 0. The molecule has 2 heteroatoms. The number of Topliss-reactive ketones (excluding diaryl/α,β-unsaturated/α-hetero) is 1. The summed E-state index contributed by atoms with van der Waals surface area (Å²) in [7, 11) is 0. The van der Waals surface area contributed by atoms with E-state index in [1.165, 1.54) is 5.56 Å². The topological polar surface area (TPSA) is 26.3 Å². The molecule has 1 rings (SSSR count). The molecule has 0 aliphatic rings. The average molecular weight is 304 g/mol. The lowest BCUT2D eigenvalue weighted by molar-refractivity contribution is 0.0967. The van der Waals surface area contributed by atoms with Crippen molar-refractivity contribution < 1.29 is 9.53 Å². The van der Waals surface area contributed by atoms with Crippen molar-refractivity contribution in [2.45, 2.75) is 66.2 Å². The minimum absolute atomic E-state index is 0.248. The molecule has 124 valence electrons. The average Bonchev–Trinajstić information content (AvgIpc) is 2.48. The summed E-state index contributed by atoms with van der Waals surface area (Å²) < 4.78 is 5.43. The van der Waals surface area contributed by atoms with Crippen molar-refractivity contribution in [3.05, 3.63) is 35.4 Å². The Morgan fingerprint density at radius 3 is 2.32 bits per heavy atom. The number of rotatable bonds is 10. The van der Waals surface area contributed by atoms with E-state index in [0.29, 0.717) is 11.8 Å². The molecule has 0 heterocycles. The zero-order chi connectivity index (χ0) is 16.4. The normalized spacial score (nSPS) is 11.6. The van der Waals surface area contributed by atoms with E-state index in [-0.39, 0.29) is 5.78 Å². The van der Waals surface area contributed by atoms with Crippen LogP contribution >= 0.6 is 0 Å². The molecule has 2 nitrogen and oxygen atoms in total. The Morgan fingerprint density at radius 1 is 1.05 bits per heavy atom. The molecule has 0 unspecified atom stereocenters.